The van der Waals surface area contributed by atoms with Crippen molar-refractivity contribution in [1.29, 1.82) is 0 Å². The van der Waals surface area contributed by atoms with E-state index in [9.17, 15) is 14.7 Å². The minimum absolute atomic E-state index is 0.0949. The van der Waals surface area contributed by atoms with Crippen molar-refractivity contribution in [2.75, 3.05) is 76.0 Å². The maximum absolute atomic E-state index is 13.7. The molecule has 5 aromatic rings. The fourth-order valence-electron chi connectivity index (χ4n) is 5.60. The van der Waals surface area contributed by atoms with Gasteiger partial charge >= 0.3 is 0 Å². The second kappa shape index (κ2) is 15.5. The highest BCUT2D eigenvalue weighted by Crippen LogP contribution is 2.45. The Morgan fingerprint density at radius 3 is 2.42 bits per heavy atom. The maximum atomic E-state index is 13.7. The second-order valence-corrected chi connectivity index (χ2v) is 11.4. The minimum Gasteiger partial charge on any atom is -0.507 e. The lowest BCUT2D eigenvalue weighted by molar-refractivity contribution is 0.00244. The number of ether oxygens (including phenoxy) is 4. The van der Waals surface area contributed by atoms with Crippen LogP contribution in [-0.2, 0) is 25.5 Å². The molecule has 4 heterocycles. The van der Waals surface area contributed by atoms with Crippen LogP contribution in [0.15, 0.2) is 61.1 Å². The minimum atomic E-state index is -0.438. The summed E-state index contributed by atoms with van der Waals surface area (Å²) in [5.41, 5.74) is 2.93. The summed E-state index contributed by atoms with van der Waals surface area (Å²) in [6.45, 7) is 4.10. The Bertz CT molecular complexity index is 1900. The molecule has 0 saturated heterocycles. The predicted molar refractivity (Wildman–Crippen MR) is 178 cm³/mol. The molecule has 0 fully saturated rings. The van der Waals surface area contributed by atoms with Crippen LogP contribution >= 0.6 is 11.6 Å². The van der Waals surface area contributed by atoms with Gasteiger partial charge in [0, 0.05) is 49.3 Å². The number of nitrogens with zero attached hydrogens (tertiary/aromatic N) is 6. The topological polar surface area (TPSA) is 155 Å². The number of alkyl halides is 1. The zero-order chi connectivity index (χ0) is 33.5. The Kier molecular flexibility index (Phi) is 10.8. The number of aromatic nitrogens is 5. The van der Waals surface area contributed by atoms with Gasteiger partial charge in [-0.15, -0.1) is 16.7 Å². The van der Waals surface area contributed by atoms with Gasteiger partial charge in [-0.05, 0) is 23.1 Å². The van der Waals surface area contributed by atoms with Crippen LogP contribution < -0.4 is 10.2 Å². The monoisotopic (exact) mass is 677 g/mol. The van der Waals surface area contributed by atoms with Gasteiger partial charge in [0.15, 0.2) is 5.69 Å². The molecule has 1 atom stereocenters. The second-order valence-electron chi connectivity index (χ2n) is 11.1. The Morgan fingerprint density at radius 1 is 0.938 bits per heavy atom. The Balaban J connectivity index is 1.03. The molecule has 2 N–H and O–H groups in total. The molecule has 0 aliphatic carbocycles. The van der Waals surface area contributed by atoms with Gasteiger partial charge in [0.05, 0.1) is 70.4 Å². The summed E-state index contributed by atoms with van der Waals surface area (Å²) in [6, 6.07) is 12.6. The average molecular weight is 678 g/mol. The van der Waals surface area contributed by atoms with Crippen LogP contribution in [0.3, 0.4) is 0 Å². The summed E-state index contributed by atoms with van der Waals surface area (Å²) in [7, 11) is 1.62. The number of nitrogens with one attached hydrogen (secondary N) is 1. The highest BCUT2D eigenvalue weighted by Gasteiger charge is 2.35. The molecular weight excluding hydrogens is 642 g/mol. The number of halogens is 1. The lowest BCUT2D eigenvalue weighted by atomic mass is 9.95. The van der Waals surface area contributed by atoms with E-state index in [0.29, 0.717) is 87.6 Å². The van der Waals surface area contributed by atoms with E-state index in [1.807, 2.05) is 24.3 Å². The van der Waals surface area contributed by atoms with Crippen molar-refractivity contribution < 1.29 is 33.6 Å². The first-order chi connectivity index (χ1) is 23.5. The van der Waals surface area contributed by atoms with Crippen molar-refractivity contribution in [2.24, 2.45) is 0 Å². The van der Waals surface area contributed by atoms with Crippen molar-refractivity contribution >= 4 is 51.2 Å². The van der Waals surface area contributed by atoms with E-state index in [4.69, 9.17) is 30.5 Å². The third-order valence-electron chi connectivity index (χ3n) is 7.92. The molecule has 15 heteroatoms. The van der Waals surface area contributed by atoms with E-state index in [0.717, 1.165) is 10.9 Å². The smallest absolute Gasteiger partial charge is 0.278 e. The molecule has 3 aromatic heterocycles. The fraction of sp³-hybridized carbons (Fsp3) is 0.364. The molecule has 48 heavy (non-hydrogen) atoms. The van der Waals surface area contributed by atoms with Crippen molar-refractivity contribution in [3.05, 3.63) is 78.0 Å². The van der Waals surface area contributed by atoms with Gasteiger partial charge in [-0.3, -0.25) is 9.59 Å². The van der Waals surface area contributed by atoms with E-state index in [1.54, 1.807) is 53.2 Å². The van der Waals surface area contributed by atoms with Crippen LogP contribution in [0.2, 0.25) is 0 Å². The Labute approximate surface area is 281 Å². The van der Waals surface area contributed by atoms with Gasteiger partial charge in [-0.2, -0.15) is 0 Å². The van der Waals surface area contributed by atoms with Gasteiger partial charge in [-0.1, -0.05) is 29.5 Å². The Hall–Kier alpha value is -4.60. The molecule has 1 aliphatic rings. The zero-order valence-corrected chi connectivity index (χ0v) is 27.1. The molecule has 0 bridgehead atoms. The number of pyridine rings is 1. The van der Waals surface area contributed by atoms with Crippen LogP contribution in [0.25, 0.3) is 16.4 Å². The Morgan fingerprint density at radius 2 is 1.67 bits per heavy atom. The molecule has 1 aliphatic heterocycles. The lowest BCUT2D eigenvalue weighted by Crippen LogP contribution is -2.30. The van der Waals surface area contributed by atoms with Crippen LogP contribution in [0.5, 0.6) is 5.75 Å². The molecular formula is C33H36ClN7O7. The van der Waals surface area contributed by atoms with Gasteiger partial charge in [0.25, 0.3) is 11.8 Å². The molecule has 0 spiro atoms. The van der Waals surface area contributed by atoms with Crippen molar-refractivity contribution in [2.45, 2.75) is 12.5 Å². The first kappa shape index (κ1) is 33.3. The number of carbonyl (C=O) groups is 2. The number of fused-ring (bicyclic) bond motifs is 4. The van der Waals surface area contributed by atoms with E-state index in [-0.39, 0.29) is 29.0 Å². The van der Waals surface area contributed by atoms with Gasteiger partial charge < -0.3 is 38.7 Å². The zero-order valence-electron chi connectivity index (χ0n) is 26.4. The number of methoxy groups -OCH3 is 1. The number of anilines is 2. The summed E-state index contributed by atoms with van der Waals surface area (Å²) in [6.07, 6.45) is 4.82. The van der Waals surface area contributed by atoms with Crippen molar-refractivity contribution in [3.8, 4) is 5.75 Å². The largest absolute Gasteiger partial charge is 0.507 e. The number of phenolic OH excluding ortho intramolecular Hbond substituents is 1. The first-order valence-electron chi connectivity index (χ1n) is 15.5. The van der Waals surface area contributed by atoms with Crippen molar-refractivity contribution in [1.82, 2.24) is 24.4 Å². The third-order valence-corrected chi connectivity index (χ3v) is 8.29. The summed E-state index contributed by atoms with van der Waals surface area (Å²) in [4.78, 5) is 32.8. The molecule has 0 unspecified atom stereocenters. The number of rotatable bonds is 16. The number of hydrogen-bond donors (Lipinski definition) is 2. The van der Waals surface area contributed by atoms with Crippen molar-refractivity contribution in [3.63, 3.8) is 0 Å². The number of benzene rings is 2. The first-order valence-corrected chi connectivity index (χ1v) is 16.0. The van der Waals surface area contributed by atoms with E-state index < -0.39 is 5.91 Å². The SMILES string of the molecule is COCCOCCOCCOCCn1cc(C(=O)Nc2ccc3nc(C(=O)N4C[C@@H](CCl)c5c4cc(O)c4ccccc54)cn3c2)nn1. The quantitative estimate of drug-likeness (QED) is 0.117. The fourth-order valence-corrected chi connectivity index (χ4v) is 5.85. The summed E-state index contributed by atoms with van der Waals surface area (Å²) in [5, 5.41) is 23.1. The maximum Gasteiger partial charge on any atom is 0.278 e. The molecule has 0 radical (unpaired) electrons. The summed E-state index contributed by atoms with van der Waals surface area (Å²) < 4.78 is 24.4. The molecule has 252 valence electrons. The predicted octanol–water partition coefficient (Wildman–Crippen LogP) is 3.72. The average Bonchev–Trinajstić information content (AvgIpc) is 3.84. The van der Waals surface area contributed by atoms with Crippen LogP contribution in [-0.4, -0.2) is 107 Å². The molecule has 0 saturated carbocycles. The number of imidazole rings is 1. The number of carbonyl (C=O) groups excluding carboxylic acids is 2. The number of amides is 2. The molecule has 2 aromatic carbocycles. The highest BCUT2D eigenvalue weighted by atomic mass is 35.5. The van der Waals surface area contributed by atoms with Gasteiger partial charge in [-0.25, -0.2) is 9.67 Å². The number of aromatic hydroxyl groups is 1. The van der Waals surface area contributed by atoms with E-state index >= 15 is 0 Å². The van der Waals surface area contributed by atoms with Crippen LogP contribution in [0.1, 0.15) is 32.5 Å². The summed E-state index contributed by atoms with van der Waals surface area (Å²) >= 11 is 6.34. The lowest BCUT2D eigenvalue weighted by Gasteiger charge is -2.17. The van der Waals surface area contributed by atoms with Crippen LogP contribution in [0, 0.1) is 0 Å². The van der Waals surface area contributed by atoms with E-state index in [2.05, 4.69) is 20.6 Å². The normalized spacial score (nSPS) is 14.2. The standard InChI is InChI=1S/C33H36ClN7O7/c1-45-10-11-47-14-15-48-13-12-46-9-8-40-21-26(37-38-40)32(43)35-23-6-7-30-36-27(20-39(30)19-23)33(44)41-18-22(17-34)31-25-5-3-2-4-24(25)29(42)16-28(31)41/h2-7,16,19-22,42H,8-15,17-18H2,1H3,(H,35,43)/t22-/m1/s1. The van der Waals surface area contributed by atoms with Crippen LogP contribution in [0.4, 0.5) is 11.4 Å². The van der Waals surface area contributed by atoms with Gasteiger partial charge in [0.1, 0.15) is 17.1 Å². The third kappa shape index (κ3) is 7.42. The molecule has 6 rings (SSSR count). The molecule has 14 nitrogen and oxygen atoms in total. The molecule has 2 amide bonds. The van der Waals surface area contributed by atoms with E-state index in [1.165, 1.54) is 4.68 Å². The van der Waals surface area contributed by atoms with Gasteiger partial charge in [0.2, 0.25) is 0 Å². The highest BCUT2D eigenvalue weighted by molar-refractivity contribution is 6.19. The summed E-state index contributed by atoms with van der Waals surface area (Å²) in [5.74, 6) is -0.429. The number of phenols is 1. The number of hydrogen-bond acceptors (Lipinski definition) is 10.